The molecule has 3 aromatic rings. The van der Waals surface area contributed by atoms with Crippen LogP contribution in [0.2, 0.25) is 0 Å². The van der Waals surface area contributed by atoms with Gasteiger partial charge in [0.05, 0.1) is 17.3 Å². The van der Waals surface area contributed by atoms with E-state index in [4.69, 9.17) is 4.74 Å². The average Bonchev–Trinajstić information content (AvgIpc) is 3.09. The lowest BCUT2D eigenvalue weighted by Crippen LogP contribution is -2.29. The van der Waals surface area contributed by atoms with Crippen LogP contribution in [0, 0.1) is 0 Å². The highest BCUT2D eigenvalue weighted by Gasteiger charge is 2.10. The Labute approximate surface area is 157 Å². The van der Waals surface area contributed by atoms with Gasteiger partial charge in [-0.25, -0.2) is 4.98 Å². The molecule has 2 aromatic carbocycles. The van der Waals surface area contributed by atoms with Crippen molar-refractivity contribution >= 4 is 33.5 Å². The summed E-state index contributed by atoms with van der Waals surface area (Å²) in [5, 5.41) is 0.822. The molecule has 0 atom stereocenters. The van der Waals surface area contributed by atoms with Gasteiger partial charge in [-0.2, -0.15) is 0 Å². The Balaban J connectivity index is 1.71. The minimum Gasteiger partial charge on any atom is -0.497 e. The summed E-state index contributed by atoms with van der Waals surface area (Å²) in [6.07, 6.45) is 5.08. The van der Waals surface area contributed by atoms with E-state index in [2.05, 4.69) is 11.6 Å². The Bertz CT molecular complexity index is 896. The van der Waals surface area contributed by atoms with Crippen LogP contribution in [0.4, 0.5) is 0 Å². The molecule has 0 N–H and O–H groups in total. The topological polar surface area (TPSA) is 42.4 Å². The fourth-order valence-corrected chi connectivity index (χ4v) is 3.42. The molecule has 0 aliphatic rings. The molecule has 0 unspecified atom stereocenters. The molecule has 0 fully saturated rings. The fourth-order valence-electron chi connectivity index (χ4n) is 2.55. The van der Waals surface area contributed by atoms with Gasteiger partial charge in [0.15, 0.2) is 0 Å². The van der Waals surface area contributed by atoms with E-state index in [1.165, 1.54) is 0 Å². The number of aromatic nitrogens is 1. The molecule has 26 heavy (non-hydrogen) atoms. The number of fused-ring (bicyclic) bond motifs is 1. The van der Waals surface area contributed by atoms with Crippen molar-refractivity contribution in [2.45, 2.75) is 6.54 Å². The summed E-state index contributed by atoms with van der Waals surface area (Å²) in [5.74, 6) is 0.728. The Hall–Kier alpha value is -2.92. The van der Waals surface area contributed by atoms with E-state index < -0.39 is 0 Å². The van der Waals surface area contributed by atoms with Crippen molar-refractivity contribution < 1.29 is 9.53 Å². The third-order valence-electron chi connectivity index (χ3n) is 3.87. The van der Waals surface area contributed by atoms with Crippen molar-refractivity contribution in [3.63, 3.8) is 0 Å². The summed E-state index contributed by atoms with van der Waals surface area (Å²) in [4.78, 5) is 18.8. The highest BCUT2D eigenvalue weighted by atomic mass is 32.1. The van der Waals surface area contributed by atoms with Gasteiger partial charge in [0.1, 0.15) is 10.8 Å². The van der Waals surface area contributed by atoms with Crippen molar-refractivity contribution in [1.82, 2.24) is 9.88 Å². The third kappa shape index (κ3) is 4.37. The predicted octanol–water partition coefficient (Wildman–Crippen LogP) is 4.53. The van der Waals surface area contributed by atoms with Crippen LogP contribution in [0.5, 0.6) is 5.75 Å². The molecule has 0 spiro atoms. The van der Waals surface area contributed by atoms with Gasteiger partial charge < -0.3 is 9.64 Å². The van der Waals surface area contributed by atoms with Crippen LogP contribution in [0.25, 0.3) is 16.3 Å². The normalized spacial score (nSPS) is 11.0. The predicted molar refractivity (Wildman–Crippen MR) is 107 cm³/mol. The van der Waals surface area contributed by atoms with Crippen molar-refractivity contribution in [1.29, 1.82) is 0 Å². The molecule has 4 nitrogen and oxygen atoms in total. The molecular weight excluding hydrogens is 344 g/mol. The molecule has 5 heteroatoms. The molecule has 0 saturated carbocycles. The first kappa shape index (κ1) is 17.9. The maximum atomic E-state index is 12.6. The molecule has 132 valence electrons. The van der Waals surface area contributed by atoms with Gasteiger partial charge in [-0.15, -0.1) is 17.9 Å². The summed E-state index contributed by atoms with van der Waals surface area (Å²) in [6.45, 7) is 4.74. The Morgan fingerprint density at radius 3 is 2.69 bits per heavy atom. The molecule has 0 aliphatic heterocycles. The van der Waals surface area contributed by atoms with E-state index in [1.54, 1.807) is 41.6 Å². The second-order valence-electron chi connectivity index (χ2n) is 5.71. The Morgan fingerprint density at radius 2 is 2.00 bits per heavy atom. The van der Waals surface area contributed by atoms with Gasteiger partial charge >= 0.3 is 0 Å². The lowest BCUT2D eigenvalue weighted by molar-refractivity contribution is -0.126. The zero-order chi connectivity index (χ0) is 18.4. The number of benzene rings is 2. The zero-order valence-corrected chi connectivity index (χ0v) is 15.4. The van der Waals surface area contributed by atoms with E-state index >= 15 is 0 Å². The molecule has 0 aliphatic carbocycles. The summed E-state index contributed by atoms with van der Waals surface area (Å²) in [5.41, 5.74) is 1.99. The number of ether oxygens (including phenoxy) is 1. The molecule has 1 heterocycles. The number of hydrogen-bond acceptors (Lipinski definition) is 4. The SMILES string of the molecule is C=CCN(Cc1ccc(OC)cc1)C(=O)/C=C/c1nc2ccccc2s1. The summed E-state index contributed by atoms with van der Waals surface area (Å²) in [6, 6.07) is 15.6. The molecule has 0 saturated heterocycles. The standard InChI is InChI=1S/C21H20N2O2S/c1-3-14-23(15-16-8-10-17(25-2)11-9-16)21(24)13-12-20-22-18-6-4-5-7-19(18)26-20/h3-13H,1,14-15H2,2H3/b13-12+. The first-order valence-corrected chi connectivity index (χ1v) is 9.07. The number of amides is 1. The van der Waals surface area contributed by atoms with Crippen LogP contribution < -0.4 is 4.74 Å². The van der Waals surface area contributed by atoms with E-state index in [0.717, 1.165) is 26.5 Å². The first-order valence-electron chi connectivity index (χ1n) is 8.26. The second-order valence-corrected chi connectivity index (χ2v) is 6.77. The molecule has 1 amide bonds. The van der Waals surface area contributed by atoms with Gasteiger partial charge in [-0.1, -0.05) is 30.3 Å². The van der Waals surface area contributed by atoms with E-state index in [9.17, 15) is 4.79 Å². The molecule has 0 radical (unpaired) electrons. The van der Waals surface area contributed by atoms with Crippen LogP contribution in [-0.4, -0.2) is 29.4 Å². The summed E-state index contributed by atoms with van der Waals surface area (Å²) < 4.78 is 6.28. The van der Waals surface area contributed by atoms with Gasteiger partial charge in [-0.3, -0.25) is 4.79 Å². The quantitative estimate of drug-likeness (QED) is 0.457. The van der Waals surface area contributed by atoms with Crippen LogP contribution in [0.1, 0.15) is 10.6 Å². The van der Waals surface area contributed by atoms with Crippen molar-refractivity contribution in [2.24, 2.45) is 0 Å². The average molecular weight is 364 g/mol. The number of carbonyl (C=O) groups is 1. The van der Waals surface area contributed by atoms with Gasteiger partial charge in [-0.05, 0) is 35.9 Å². The van der Waals surface area contributed by atoms with Crippen LogP contribution in [0.15, 0.2) is 67.3 Å². The van der Waals surface area contributed by atoms with Gasteiger partial charge in [0, 0.05) is 19.2 Å². The van der Waals surface area contributed by atoms with Crippen molar-refractivity contribution in [2.75, 3.05) is 13.7 Å². The van der Waals surface area contributed by atoms with Crippen LogP contribution in [0.3, 0.4) is 0 Å². The smallest absolute Gasteiger partial charge is 0.247 e. The largest absolute Gasteiger partial charge is 0.497 e. The third-order valence-corrected chi connectivity index (χ3v) is 4.87. The maximum Gasteiger partial charge on any atom is 0.247 e. The highest BCUT2D eigenvalue weighted by molar-refractivity contribution is 7.19. The van der Waals surface area contributed by atoms with Gasteiger partial charge in [0.2, 0.25) is 5.91 Å². The molecule has 0 bridgehead atoms. The number of rotatable bonds is 7. The lowest BCUT2D eigenvalue weighted by atomic mass is 10.2. The highest BCUT2D eigenvalue weighted by Crippen LogP contribution is 2.22. The van der Waals surface area contributed by atoms with Gasteiger partial charge in [0.25, 0.3) is 0 Å². The van der Waals surface area contributed by atoms with Crippen molar-refractivity contribution in [3.8, 4) is 5.75 Å². The number of para-hydroxylation sites is 1. The lowest BCUT2D eigenvalue weighted by Gasteiger charge is -2.19. The van der Waals surface area contributed by atoms with E-state index in [0.29, 0.717) is 13.1 Å². The zero-order valence-electron chi connectivity index (χ0n) is 14.6. The number of thiazole rings is 1. The van der Waals surface area contributed by atoms with Crippen LogP contribution >= 0.6 is 11.3 Å². The first-order chi connectivity index (χ1) is 12.7. The monoisotopic (exact) mass is 364 g/mol. The molecule has 1 aromatic heterocycles. The number of nitrogens with zero attached hydrogens (tertiary/aromatic N) is 2. The minimum absolute atomic E-state index is 0.0695. The molecule has 3 rings (SSSR count). The fraction of sp³-hybridized carbons (Fsp3) is 0.143. The second kappa shape index (κ2) is 8.45. The van der Waals surface area contributed by atoms with Crippen LogP contribution in [-0.2, 0) is 11.3 Å². The number of hydrogen-bond donors (Lipinski definition) is 0. The minimum atomic E-state index is -0.0695. The maximum absolute atomic E-state index is 12.6. The van der Waals surface area contributed by atoms with E-state index in [1.807, 2.05) is 48.5 Å². The Morgan fingerprint density at radius 1 is 1.23 bits per heavy atom. The summed E-state index contributed by atoms with van der Waals surface area (Å²) >= 11 is 1.57. The number of methoxy groups -OCH3 is 1. The summed E-state index contributed by atoms with van der Waals surface area (Å²) in [7, 11) is 1.63. The van der Waals surface area contributed by atoms with Crippen molar-refractivity contribution in [3.05, 3.63) is 77.8 Å². The Kier molecular flexibility index (Phi) is 5.81. The number of carbonyl (C=O) groups excluding carboxylic acids is 1. The van der Waals surface area contributed by atoms with E-state index in [-0.39, 0.29) is 5.91 Å². The molecular formula is C21H20N2O2S.